The molecule has 0 amide bonds. The molecule has 1 N–H and O–H groups in total. The third-order valence-electron chi connectivity index (χ3n) is 4.33. The van der Waals surface area contributed by atoms with Gasteiger partial charge in [-0.25, -0.2) is 8.42 Å². The molecule has 1 unspecified atom stereocenters. The maximum atomic E-state index is 12.9. The molecule has 1 aromatic carbocycles. The first kappa shape index (κ1) is 16.5. The maximum absolute atomic E-state index is 12.9. The Labute approximate surface area is 128 Å². The van der Waals surface area contributed by atoms with Gasteiger partial charge in [-0.2, -0.15) is 4.31 Å². The van der Waals surface area contributed by atoms with Crippen LogP contribution >= 0.6 is 0 Å². The number of rotatable bonds is 7. The fraction of sp³-hybridized carbons (Fsp3) is 0.625. The minimum absolute atomic E-state index is 0.0283. The smallest absolute Gasteiger partial charge is 0.243 e. The fourth-order valence-corrected chi connectivity index (χ4v) is 3.95. The highest BCUT2D eigenvalue weighted by Crippen LogP contribution is 2.25. The van der Waals surface area contributed by atoms with E-state index in [-0.39, 0.29) is 12.0 Å². The van der Waals surface area contributed by atoms with E-state index in [9.17, 15) is 8.42 Å². The molecule has 118 valence electrons. The summed E-state index contributed by atoms with van der Waals surface area (Å²) in [4.78, 5) is 0.424. The van der Waals surface area contributed by atoms with Gasteiger partial charge in [0.2, 0.25) is 10.0 Å². The van der Waals surface area contributed by atoms with Gasteiger partial charge in [-0.15, -0.1) is 0 Å². The highest BCUT2D eigenvalue weighted by molar-refractivity contribution is 7.89. The van der Waals surface area contributed by atoms with Crippen LogP contribution in [0.25, 0.3) is 0 Å². The second-order valence-corrected chi connectivity index (χ2v) is 8.23. The molecule has 21 heavy (non-hydrogen) atoms. The first-order valence-corrected chi connectivity index (χ1v) is 9.07. The molecule has 2 rings (SSSR count). The molecule has 1 aromatic rings. The van der Waals surface area contributed by atoms with Crippen LogP contribution in [0.5, 0.6) is 0 Å². The van der Waals surface area contributed by atoms with Gasteiger partial charge in [0.15, 0.2) is 0 Å². The first-order chi connectivity index (χ1) is 9.84. The van der Waals surface area contributed by atoms with Crippen molar-refractivity contribution >= 4 is 10.0 Å². The second kappa shape index (κ2) is 6.46. The highest BCUT2D eigenvalue weighted by atomic mass is 32.2. The van der Waals surface area contributed by atoms with E-state index in [2.05, 4.69) is 5.32 Å². The van der Waals surface area contributed by atoms with E-state index in [1.165, 1.54) is 17.1 Å². The standard InChI is InChI=1S/C16H26N2O2S/c1-12(2)13(3)18(4)21(19,20)16-8-6-5-7-14(16)11-17-15-9-10-15/h5-8,12-13,15,17H,9-11H2,1-4H3. The Kier molecular flexibility index (Phi) is 5.07. The molecule has 0 saturated heterocycles. The van der Waals surface area contributed by atoms with Gasteiger partial charge in [-0.1, -0.05) is 32.0 Å². The summed E-state index contributed by atoms with van der Waals surface area (Å²) >= 11 is 0. The SMILES string of the molecule is CC(C)C(C)N(C)S(=O)(=O)c1ccccc1CNC1CC1. The maximum Gasteiger partial charge on any atom is 0.243 e. The van der Waals surface area contributed by atoms with Gasteiger partial charge in [-0.05, 0) is 37.3 Å². The van der Waals surface area contributed by atoms with Crippen LogP contribution in [0.15, 0.2) is 29.2 Å². The molecule has 1 saturated carbocycles. The molecule has 0 heterocycles. The number of hydrogen-bond donors (Lipinski definition) is 1. The zero-order valence-electron chi connectivity index (χ0n) is 13.3. The Hall–Kier alpha value is -0.910. The Morgan fingerprint density at radius 2 is 1.86 bits per heavy atom. The topological polar surface area (TPSA) is 49.4 Å². The van der Waals surface area contributed by atoms with E-state index < -0.39 is 10.0 Å². The summed E-state index contributed by atoms with van der Waals surface area (Å²) in [7, 11) is -1.78. The summed E-state index contributed by atoms with van der Waals surface area (Å²) < 4.78 is 27.2. The van der Waals surface area contributed by atoms with Crippen LogP contribution in [0, 0.1) is 5.92 Å². The van der Waals surface area contributed by atoms with Crippen molar-refractivity contribution in [3.05, 3.63) is 29.8 Å². The van der Waals surface area contributed by atoms with E-state index >= 15 is 0 Å². The summed E-state index contributed by atoms with van der Waals surface area (Å²) in [5.41, 5.74) is 0.854. The van der Waals surface area contributed by atoms with Gasteiger partial charge in [-0.3, -0.25) is 0 Å². The van der Waals surface area contributed by atoms with E-state index in [0.29, 0.717) is 17.5 Å². The molecule has 1 aliphatic carbocycles. The van der Waals surface area contributed by atoms with E-state index in [0.717, 1.165) is 5.56 Å². The third kappa shape index (κ3) is 3.84. The molecular weight excluding hydrogens is 284 g/mol. The molecule has 0 aliphatic heterocycles. The number of benzene rings is 1. The average Bonchev–Trinajstić information content (AvgIpc) is 3.27. The van der Waals surface area contributed by atoms with Crippen LogP contribution in [0.4, 0.5) is 0 Å². The van der Waals surface area contributed by atoms with Crippen molar-refractivity contribution in [1.29, 1.82) is 0 Å². The quantitative estimate of drug-likeness (QED) is 0.842. The third-order valence-corrected chi connectivity index (χ3v) is 6.37. The van der Waals surface area contributed by atoms with Gasteiger partial charge in [0, 0.05) is 25.7 Å². The van der Waals surface area contributed by atoms with Gasteiger partial charge in [0.1, 0.15) is 0 Å². The molecule has 5 heteroatoms. The van der Waals surface area contributed by atoms with Crippen molar-refractivity contribution in [2.24, 2.45) is 5.92 Å². The van der Waals surface area contributed by atoms with Crippen LogP contribution in [0.3, 0.4) is 0 Å². The van der Waals surface area contributed by atoms with Gasteiger partial charge >= 0.3 is 0 Å². The van der Waals surface area contributed by atoms with E-state index in [1.54, 1.807) is 19.2 Å². The van der Waals surface area contributed by atoms with Crippen molar-refractivity contribution in [3.63, 3.8) is 0 Å². The largest absolute Gasteiger partial charge is 0.310 e. The average molecular weight is 310 g/mol. The zero-order chi connectivity index (χ0) is 15.6. The minimum Gasteiger partial charge on any atom is -0.310 e. The summed E-state index contributed by atoms with van der Waals surface area (Å²) in [6.07, 6.45) is 2.39. The molecule has 1 aliphatic rings. The normalized spacial score (nSPS) is 17.4. The number of sulfonamides is 1. The van der Waals surface area contributed by atoms with Gasteiger partial charge in [0.25, 0.3) is 0 Å². The highest BCUT2D eigenvalue weighted by Gasteiger charge is 2.29. The van der Waals surface area contributed by atoms with Crippen LogP contribution in [0.2, 0.25) is 0 Å². The number of nitrogens with zero attached hydrogens (tertiary/aromatic N) is 1. The summed E-state index contributed by atoms with van der Waals surface area (Å²) in [6, 6.07) is 7.84. The molecule has 4 nitrogen and oxygen atoms in total. The van der Waals surface area contributed by atoms with Crippen LogP contribution in [-0.4, -0.2) is 31.9 Å². The lowest BCUT2D eigenvalue weighted by atomic mass is 10.1. The van der Waals surface area contributed by atoms with Crippen molar-refractivity contribution in [2.45, 2.75) is 57.1 Å². The molecular formula is C16H26N2O2S. The Morgan fingerprint density at radius 1 is 1.24 bits per heavy atom. The van der Waals surface area contributed by atoms with Crippen molar-refractivity contribution < 1.29 is 8.42 Å². The zero-order valence-corrected chi connectivity index (χ0v) is 14.2. The van der Waals surface area contributed by atoms with Crippen molar-refractivity contribution in [1.82, 2.24) is 9.62 Å². The lowest BCUT2D eigenvalue weighted by Gasteiger charge is -2.28. The summed E-state index contributed by atoms with van der Waals surface area (Å²) in [6.45, 7) is 6.64. The Bertz CT molecular complexity index is 580. The molecule has 1 fully saturated rings. The molecule has 0 bridgehead atoms. The van der Waals surface area contributed by atoms with Gasteiger partial charge in [0.05, 0.1) is 4.90 Å². The summed E-state index contributed by atoms with van der Waals surface area (Å²) in [5, 5.41) is 3.39. The predicted molar refractivity (Wildman–Crippen MR) is 85.6 cm³/mol. The molecule has 0 aromatic heterocycles. The Balaban J connectivity index is 2.25. The van der Waals surface area contributed by atoms with Crippen LogP contribution in [0.1, 0.15) is 39.2 Å². The molecule has 1 atom stereocenters. The molecule has 0 radical (unpaired) electrons. The minimum atomic E-state index is -3.45. The van der Waals surface area contributed by atoms with E-state index in [1.807, 2.05) is 32.9 Å². The predicted octanol–water partition coefficient (Wildman–Crippen LogP) is 2.60. The lowest BCUT2D eigenvalue weighted by molar-refractivity contribution is 0.315. The van der Waals surface area contributed by atoms with E-state index in [4.69, 9.17) is 0 Å². The monoisotopic (exact) mass is 310 g/mol. The fourth-order valence-electron chi connectivity index (χ4n) is 2.24. The van der Waals surface area contributed by atoms with Crippen LogP contribution in [-0.2, 0) is 16.6 Å². The molecule has 0 spiro atoms. The second-order valence-electron chi connectivity index (χ2n) is 6.27. The number of hydrogen-bond acceptors (Lipinski definition) is 3. The van der Waals surface area contributed by atoms with Crippen molar-refractivity contribution in [2.75, 3.05) is 7.05 Å². The van der Waals surface area contributed by atoms with Crippen LogP contribution < -0.4 is 5.32 Å². The van der Waals surface area contributed by atoms with Gasteiger partial charge < -0.3 is 5.32 Å². The van der Waals surface area contributed by atoms with Crippen molar-refractivity contribution in [3.8, 4) is 0 Å². The Morgan fingerprint density at radius 3 is 2.43 bits per heavy atom. The lowest BCUT2D eigenvalue weighted by Crippen LogP contribution is -2.38. The number of nitrogens with one attached hydrogen (secondary N) is 1. The first-order valence-electron chi connectivity index (χ1n) is 7.63. The summed E-state index contributed by atoms with van der Waals surface area (Å²) in [5.74, 6) is 0.279.